The molecule has 0 aromatic heterocycles. The predicted octanol–water partition coefficient (Wildman–Crippen LogP) is 3.12. The van der Waals surface area contributed by atoms with Gasteiger partial charge in [-0.25, -0.2) is 0 Å². The van der Waals surface area contributed by atoms with Gasteiger partial charge in [-0.05, 0) is 38.1 Å². The predicted molar refractivity (Wildman–Crippen MR) is 129 cm³/mol. The second-order valence-corrected chi connectivity index (χ2v) is 7.67. The molecule has 1 aliphatic heterocycles. The fourth-order valence-corrected chi connectivity index (χ4v) is 3.70. The molecule has 0 spiro atoms. The molecule has 8 nitrogen and oxygen atoms in total. The number of carbonyl (C=O) groups excluding carboxylic acids is 2. The molecule has 0 bridgehead atoms. The van der Waals surface area contributed by atoms with Gasteiger partial charge in [0.15, 0.2) is 0 Å². The molecule has 0 N–H and O–H groups in total. The van der Waals surface area contributed by atoms with Crippen LogP contribution in [0.4, 0.5) is 0 Å². The molecule has 2 aromatic rings. The first kappa shape index (κ1) is 25.5. The highest BCUT2D eigenvalue weighted by molar-refractivity contribution is 5.98. The number of ether oxygens (including phenoxy) is 4. The summed E-state index contributed by atoms with van der Waals surface area (Å²) in [5, 5.41) is 0. The van der Waals surface area contributed by atoms with Gasteiger partial charge in [0.05, 0.1) is 24.3 Å². The van der Waals surface area contributed by atoms with E-state index in [0.717, 1.165) is 0 Å². The Morgan fingerprint density at radius 2 is 1.03 bits per heavy atom. The molecule has 0 atom stereocenters. The molecule has 184 valence electrons. The van der Waals surface area contributed by atoms with Gasteiger partial charge in [-0.15, -0.1) is 0 Å². The van der Waals surface area contributed by atoms with Crippen LogP contribution in [0.1, 0.15) is 34.6 Å². The molecule has 2 amide bonds. The van der Waals surface area contributed by atoms with Gasteiger partial charge in [-0.1, -0.05) is 24.3 Å². The monoisotopic (exact) mass is 470 g/mol. The minimum absolute atomic E-state index is 0.0984. The van der Waals surface area contributed by atoms with Crippen molar-refractivity contribution in [1.29, 1.82) is 0 Å². The van der Waals surface area contributed by atoms with Crippen LogP contribution in [0, 0.1) is 0 Å². The van der Waals surface area contributed by atoms with Crippen LogP contribution < -0.4 is 9.47 Å². The molecule has 3 rings (SSSR count). The Balaban J connectivity index is 1.58. The van der Waals surface area contributed by atoms with E-state index >= 15 is 0 Å². The van der Waals surface area contributed by atoms with Crippen LogP contribution in [0.25, 0.3) is 0 Å². The average Bonchev–Trinajstić information content (AvgIpc) is 2.89. The average molecular weight is 471 g/mol. The zero-order valence-electron chi connectivity index (χ0n) is 20.0. The van der Waals surface area contributed by atoms with Crippen molar-refractivity contribution in [1.82, 2.24) is 9.80 Å². The maximum Gasteiger partial charge on any atom is 0.257 e. The molecule has 1 saturated heterocycles. The number of amides is 2. The second kappa shape index (κ2) is 13.6. The molecule has 1 fully saturated rings. The van der Waals surface area contributed by atoms with Crippen LogP contribution in [0.3, 0.4) is 0 Å². The van der Waals surface area contributed by atoms with Gasteiger partial charge < -0.3 is 28.7 Å². The maximum absolute atomic E-state index is 13.2. The van der Waals surface area contributed by atoms with E-state index < -0.39 is 0 Å². The van der Waals surface area contributed by atoms with Crippen molar-refractivity contribution in [3.05, 3.63) is 59.7 Å². The number of carbonyl (C=O) groups is 2. The Labute approximate surface area is 201 Å². The summed E-state index contributed by atoms with van der Waals surface area (Å²) in [4.78, 5) is 29.8. The molecular formula is C26H34N2O6. The lowest BCUT2D eigenvalue weighted by atomic mass is 10.1. The quantitative estimate of drug-likeness (QED) is 0.444. The molecule has 0 saturated carbocycles. The van der Waals surface area contributed by atoms with Crippen LogP contribution in [0.2, 0.25) is 0 Å². The Kier molecular flexibility index (Phi) is 10.2. The van der Waals surface area contributed by atoms with Crippen molar-refractivity contribution in [3.63, 3.8) is 0 Å². The number of benzene rings is 2. The molecule has 1 aliphatic rings. The Hall–Kier alpha value is -3.10. The molecule has 34 heavy (non-hydrogen) atoms. The number of nitrogens with zero attached hydrogens (tertiary/aromatic N) is 2. The third-order valence-electron chi connectivity index (χ3n) is 5.47. The fraction of sp³-hybridized carbons (Fsp3) is 0.462. The zero-order valence-corrected chi connectivity index (χ0v) is 20.0. The second-order valence-electron chi connectivity index (χ2n) is 7.67. The maximum atomic E-state index is 13.2. The highest BCUT2D eigenvalue weighted by Crippen LogP contribution is 2.23. The first-order valence-electron chi connectivity index (χ1n) is 11.8. The molecular weight excluding hydrogens is 436 g/mol. The minimum Gasteiger partial charge on any atom is -0.490 e. The smallest absolute Gasteiger partial charge is 0.257 e. The van der Waals surface area contributed by atoms with Crippen LogP contribution in [0.5, 0.6) is 11.5 Å². The van der Waals surface area contributed by atoms with Gasteiger partial charge in [-0.3, -0.25) is 9.59 Å². The highest BCUT2D eigenvalue weighted by atomic mass is 16.5. The summed E-state index contributed by atoms with van der Waals surface area (Å²) in [6, 6.07) is 14.5. The SMILES string of the molecule is CCOCCOc1ccccc1C(=O)N1CCN(C(=O)c2ccccc2OCCOCC)CC1. The Morgan fingerprint density at radius 3 is 1.41 bits per heavy atom. The zero-order chi connectivity index (χ0) is 24.2. The fourth-order valence-electron chi connectivity index (χ4n) is 3.70. The van der Waals surface area contributed by atoms with E-state index in [1.807, 2.05) is 38.1 Å². The summed E-state index contributed by atoms with van der Waals surface area (Å²) in [5.74, 6) is 0.894. The van der Waals surface area contributed by atoms with Crippen molar-refractivity contribution >= 4 is 11.8 Å². The van der Waals surface area contributed by atoms with E-state index in [1.54, 1.807) is 34.1 Å². The summed E-state index contributed by atoms with van der Waals surface area (Å²) >= 11 is 0. The van der Waals surface area contributed by atoms with Gasteiger partial charge in [-0.2, -0.15) is 0 Å². The van der Waals surface area contributed by atoms with Crippen LogP contribution in [0.15, 0.2) is 48.5 Å². The third kappa shape index (κ3) is 6.95. The van der Waals surface area contributed by atoms with Gasteiger partial charge in [0.1, 0.15) is 24.7 Å². The third-order valence-corrected chi connectivity index (χ3v) is 5.47. The standard InChI is InChI=1S/C26H34N2O6/c1-3-31-17-19-33-23-11-7-5-9-21(23)25(29)27-13-15-28(16-14-27)26(30)22-10-6-8-12-24(22)34-20-18-32-4-2/h5-12H,3-4,13-20H2,1-2H3. The summed E-state index contributed by atoms with van der Waals surface area (Å²) < 4.78 is 22.2. The highest BCUT2D eigenvalue weighted by Gasteiger charge is 2.28. The molecule has 0 aliphatic carbocycles. The topological polar surface area (TPSA) is 77.5 Å². The lowest BCUT2D eigenvalue weighted by molar-refractivity contribution is 0.0527. The molecule has 1 heterocycles. The summed E-state index contributed by atoms with van der Waals surface area (Å²) in [6.07, 6.45) is 0. The summed E-state index contributed by atoms with van der Waals surface area (Å²) in [6.45, 7) is 8.60. The van der Waals surface area contributed by atoms with Crippen molar-refractivity contribution in [2.45, 2.75) is 13.8 Å². The largest absolute Gasteiger partial charge is 0.490 e. The first-order chi connectivity index (χ1) is 16.7. The number of rotatable bonds is 12. The van der Waals surface area contributed by atoms with Gasteiger partial charge >= 0.3 is 0 Å². The van der Waals surface area contributed by atoms with E-state index in [2.05, 4.69) is 0 Å². The van der Waals surface area contributed by atoms with Gasteiger partial charge in [0.25, 0.3) is 11.8 Å². The van der Waals surface area contributed by atoms with Gasteiger partial charge in [0.2, 0.25) is 0 Å². The first-order valence-corrected chi connectivity index (χ1v) is 11.8. The lowest BCUT2D eigenvalue weighted by Gasteiger charge is -2.35. The van der Waals surface area contributed by atoms with Crippen LogP contribution >= 0.6 is 0 Å². The van der Waals surface area contributed by atoms with Crippen LogP contribution in [-0.4, -0.2) is 87.4 Å². The van der Waals surface area contributed by atoms with E-state index in [1.165, 1.54) is 0 Å². The number of piperazine rings is 1. The summed E-state index contributed by atoms with van der Waals surface area (Å²) in [7, 11) is 0. The minimum atomic E-state index is -0.0984. The Bertz CT molecular complexity index is 852. The molecule has 0 unspecified atom stereocenters. The van der Waals surface area contributed by atoms with E-state index in [0.29, 0.717) is 88.4 Å². The Morgan fingerprint density at radius 1 is 0.647 bits per heavy atom. The van der Waals surface area contributed by atoms with Crippen molar-refractivity contribution in [3.8, 4) is 11.5 Å². The number of para-hydroxylation sites is 2. The van der Waals surface area contributed by atoms with E-state index in [-0.39, 0.29) is 11.8 Å². The molecule has 0 radical (unpaired) electrons. The van der Waals surface area contributed by atoms with E-state index in [9.17, 15) is 9.59 Å². The van der Waals surface area contributed by atoms with Crippen LogP contribution in [-0.2, 0) is 9.47 Å². The van der Waals surface area contributed by atoms with Crippen molar-refractivity contribution in [2.24, 2.45) is 0 Å². The van der Waals surface area contributed by atoms with E-state index in [4.69, 9.17) is 18.9 Å². The number of hydrogen-bond donors (Lipinski definition) is 0. The van der Waals surface area contributed by atoms with Crippen molar-refractivity contribution in [2.75, 3.05) is 65.8 Å². The molecule has 8 heteroatoms. The molecule has 2 aromatic carbocycles. The summed E-state index contributed by atoms with van der Waals surface area (Å²) in [5.41, 5.74) is 1.04. The van der Waals surface area contributed by atoms with Gasteiger partial charge in [0, 0.05) is 39.4 Å². The van der Waals surface area contributed by atoms with Crippen molar-refractivity contribution < 1.29 is 28.5 Å². The lowest BCUT2D eigenvalue weighted by Crippen LogP contribution is -2.50. The number of hydrogen-bond acceptors (Lipinski definition) is 6. The normalized spacial score (nSPS) is 13.6.